The molecule has 2 aromatic heterocycles. The van der Waals surface area contributed by atoms with Crippen molar-refractivity contribution in [1.82, 2.24) is 24.2 Å². The zero-order valence-electron chi connectivity index (χ0n) is 16.7. The average molecular weight is 371 g/mol. The van der Waals surface area contributed by atoms with E-state index in [0.29, 0.717) is 19.0 Å². The Labute approximate surface area is 159 Å². The van der Waals surface area contributed by atoms with E-state index in [2.05, 4.69) is 35.8 Å². The van der Waals surface area contributed by atoms with E-state index in [-0.39, 0.29) is 16.5 Å². The summed E-state index contributed by atoms with van der Waals surface area (Å²) in [6.45, 7) is 9.56. The maximum atomic E-state index is 12.2. The summed E-state index contributed by atoms with van der Waals surface area (Å²) >= 11 is 0. The van der Waals surface area contributed by atoms with Gasteiger partial charge in [0.2, 0.25) is 0 Å². The van der Waals surface area contributed by atoms with Gasteiger partial charge in [-0.2, -0.15) is 5.10 Å². The molecule has 0 bridgehead atoms. The first-order valence-corrected chi connectivity index (χ1v) is 9.55. The molecular weight excluding hydrogens is 342 g/mol. The summed E-state index contributed by atoms with van der Waals surface area (Å²) in [7, 11) is 1.70. The van der Waals surface area contributed by atoms with Gasteiger partial charge >= 0.3 is 0 Å². The lowest BCUT2D eigenvalue weighted by Crippen LogP contribution is -2.37. The van der Waals surface area contributed by atoms with Crippen LogP contribution in [0.4, 0.5) is 0 Å². The standard InChI is InChI=1S/C20H29N5O2/c1-20(2,3)17-5-6-18(26)25(22-17)12-15-7-9-24(10-8-15)13-16-11-19(27)23(4)14-21-16/h5-6,11,14-15H,7-10,12-13H2,1-4H3. The van der Waals surface area contributed by atoms with Crippen LogP contribution >= 0.6 is 0 Å². The smallest absolute Gasteiger partial charge is 0.266 e. The molecular formula is C20H29N5O2. The first kappa shape index (κ1) is 19.5. The number of likely N-dealkylation sites (tertiary alicyclic amines) is 1. The molecule has 27 heavy (non-hydrogen) atoms. The lowest BCUT2D eigenvalue weighted by Gasteiger charge is -2.31. The van der Waals surface area contributed by atoms with Crippen molar-refractivity contribution in [3.63, 3.8) is 0 Å². The molecule has 0 atom stereocenters. The Hall–Kier alpha value is -2.28. The first-order chi connectivity index (χ1) is 12.7. The van der Waals surface area contributed by atoms with Crippen LogP contribution in [-0.2, 0) is 25.6 Å². The Kier molecular flexibility index (Phi) is 5.60. The second-order valence-electron chi connectivity index (χ2n) is 8.54. The summed E-state index contributed by atoms with van der Waals surface area (Å²) in [6.07, 6.45) is 3.60. The highest BCUT2D eigenvalue weighted by atomic mass is 16.1. The Morgan fingerprint density at radius 2 is 1.81 bits per heavy atom. The van der Waals surface area contributed by atoms with Gasteiger partial charge in [-0.3, -0.25) is 14.5 Å². The summed E-state index contributed by atoms with van der Waals surface area (Å²) < 4.78 is 3.11. The minimum absolute atomic E-state index is 0.0286. The van der Waals surface area contributed by atoms with E-state index in [0.717, 1.165) is 37.3 Å². The highest BCUT2D eigenvalue weighted by Crippen LogP contribution is 2.21. The van der Waals surface area contributed by atoms with Crippen molar-refractivity contribution in [2.45, 2.75) is 52.1 Å². The molecule has 3 rings (SSSR count). The van der Waals surface area contributed by atoms with Gasteiger partial charge in [0.05, 0.1) is 17.7 Å². The summed E-state index contributed by atoms with van der Waals surface area (Å²) in [5.74, 6) is 0.443. The number of hydrogen-bond acceptors (Lipinski definition) is 5. The molecule has 7 nitrogen and oxygen atoms in total. The normalized spacial score (nSPS) is 16.6. The van der Waals surface area contributed by atoms with E-state index >= 15 is 0 Å². The van der Waals surface area contributed by atoms with Gasteiger partial charge in [-0.05, 0) is 37.9 Å². The molecule has 0 amide bonds. The largest absolute Gasteiger partial charge is 0.302 e. The Bertz CT molecular complexity index is 902. The Morgan fingerprint density at radius 1 is 1.11 bits per heavy atom. The number of aromatic nitrogens is 4. The van der Waals surface area contributed by atoms with E-state index < -0.39 is 0 Å². The third-order valence-electron chi connectivity index (χ3n) is 5.19. The van der Waals surface area contributed by atoms with E-state index in [1.54, 1.807) is 30.2 Å². The van der Waals surface area contributed by atoms with Crippen molar-refractivity contribution in [3.8, 4) is 0 Å². The first-order valence-electron chi connectivity index (χ1n) is 9.55. The van der Waals surface area contributed by atoms with Crippen LogP contribution in [0, 0.1) is 5.92 Å². The summed E-state index contributed by atoms with van der Waals surface area (Å²) in [4.78, 5) is 30.6. The molecule has 1 saturated heterocycles. The van der Waals surface area contributed by atoms with Gasteiger partial charge in [0.25, 0.3) is 11.1 Å². The zero-order chi connectivity index (χ0) is 19.6. The molecule has 0 N–H and O–H groups in total. The van der Waals surface area contributed by atoms with Crippen molar-refractivity contribution in [2.24, 2.45) is 13.0 Å². The van der Waals surface area contributed by atoms with Crippen molar-refractivity contribution in [3.05, 3.63) is 56.6 Å². The third kappa shape index (κ3) is 4.91. The number of aryl methyl sites for hydroxylation is 1. The second kappa shape index (κ2) is 7.76. The van der Waals surface area contributed by atoms with Crippen LogP contribution in [0.1, 0.15) is 45.0 Å². The molecule has 0 aromatic carbocycles. The SMILES string of the molecule is Cn1cnc(CN2CCC(Cn3nc(C(C)(C)C)ccc3=O)CC2)cc1=O. The molecule has 0 aliphatic carbocycles. The molecule has 7 heteroatoms. The molecule has 1 aliphatic heterocycles. The lowest BCUT2D eigenvalue weighted by molar-refractivity contribution is 0.161. The second-order valence-corrected chi connectivity index (χ2v) is 8.54. The molecule has 146 valence electrons. The van der Waals surface area contributed by atoms with Crippen molar-refractivity contribution < 1.29 is 0 Å². The molecule has 1 fully saturated rings. The van der Waals surface area contributed by atoms with E-state index in [1.807, 2.05) is 6.07 Å². The van der Waals surface area contributed by atoms with Crippen LogP contribution in [0.5, 0.6) is 0 Å². The van der Waals surface area contributed by atoms with E-state index in [1.165, 1.54) is 4.57 Å². The predicted octanol–water partition coefficient (Wildman–Crippen LogP) is 1.55. The van der Waals surface area contributed by atoms with Crippen LogP contribution in [0.15, 0.2) is 34.1 Å². The van der Waals surface area contributed by atoms with Crippen LogP contribution in [0.25, 0.3) is 0 Å². The van der Waals surface area contributed by atoms with Gasteiger partial charge in [0.15, 0.2) is 0 Å². The lowest BCUT2D eigenvalue weighted by atomic mass is 9.92. The molecule has 3 heterocycles. The molecule has 0 spiro atoms. The van der Waals surface area contributed by atoms with Gasteiger partial charge < -0.3 is 4.57 Å². The Balaban J connectivity index is 1.59. The minimum Gasteiger partial charge on any atom is -0.302 e. The van der Waals surface area contributed by atoms with E-state index in [9.17, 15) is 9.59 Å². The molecule has 1 aliphatic rings. The zero-order valence-corrected chi connectivity index (χ0v) is 16.7. The fourth-order valence-electron chi connectivity index (χ4n) is 3.37. The average Bonchev–Trinajstić information content (AvgIpc) is 2.61. The topological polar surface area (TPSA) is 73.0 Å². The highest BCUT2D eigenvalue weighted by molar-refractivity contribution is 5.10. The Morgan fingerprint density at radius 3 is 2.44 bits per heavy atom. The molecule has 0 unspecified atom stereocenters. The summed E-state index contributed by atoms with van der Waals surface area (Å²) in [5.41, 5.74) is 1.62. The number of piperidine rings is 1. The van der Waals surface area contributed by atoms with Crippen molar-refractivity contribution in [1.29, 1.82) is 0 Å². The van der Waals surface area contributed by atoms with Crippen LogP contribution in [0.2, 0.25) is 0 Å². The van der Waals surface area contributed by atoms with Crippen LogP contribution in [-0.4, -0.2) is 37.3 Å². The third-order valence-corrected chi connectivity index (χ3v) is 5.19. The fraction of sp³-hybridized carbons (Fsp3) is 0.600. The predicted molar refractivity (Wildman–Crippen MR) is 105 cm³/mol. The van der Waals surface area contributed by atoms with Gasteiger partial charge in [-0.1, -0.05) is 20.8 Å². The van der Waals surface area contributed by atoms with Crippen molar-refractivity contribution in [2.75, 3.05) is 13.1 Å². The summed E-state index contributed by atoms with van der Waals surface area (Å²) in [6, 6.07) is 5.07. The van der Waals surface area contributed by atoms with Gasteiger partial charge in [0.1, 0.15) is 0 Å². The van der Waals surface area contributed by atoms with Gasteiger partial charge in [-0.25, -0.2) is 9.67 Å². The van der Waals surface area contributed by atoms with Crippen LogP contribution < -0.4 is 11.1 Å². The van der Waals surface area contributed by atoms with Gasteiger partial charge in [-0.15, -0.1) is 0 Å². The maximum Gasteiger partial charge on any atom is 0.266 e. The van der Waals surface area contributed by atoms with Crippen molar-refractivity contribution >= 4 is 0 Å². The molecule has 0 saturated carbocycles. The monoisotopic (exact) mass is 371 g/mol. The molecule has 2 aromatic rings. The van der Waals surface area contributed by atoms with Gasteiger partial charge in [0, 0.05) is 37.7 Å². The minimum atomic E-state index is -0.0709. The van der Waals surface area contributed by atoms with E-state index in [4.69, 9.17) is 0 Å². The number of nitrogens with zero attached hydrogens (tertiary/aromatic N) is 5. The molecule has 0 radical (unpaired) electrons. The number of hydrogen-bond donors (Lipinski definition) is 0. The quantitative estimate of drug-likeness (QED) is 0.815. The highest BCUT2D eigenvalue weighted by Gasteiger charge is 2.22. The fourth-order valence-corrected chi connectivity index (χ4v) is 3.37. The summed E-state index contributed by atoms with van der Waals surface area (Å²) in [5, 5.41) is 4.59. The maximum absolute atomic E-state index is 12.2. The number of rotatable bonds is 4. The van der Waals surface area contributed by atoms with Crippen LogP contribution in [0.3, 0.4) is 0 Å².